The molecule has 2 heterocycles. The van der Waals surface area contributed by atoms with Crippen molar-refractivity contribution in [2.75, 3.05) is 51.0 Å². The Morgan fingerprint density at radius 3 is 2.76 bits per heavy atom. The second-order valence-corrected chi connectivity index (χ2v) is 5.50. The largest absolute Gasteiger partial charge is 0.363 e. The predicted octanol–water partition coefficient (Wildman–Crippen LogP) is 0.165. The Balaban J connectivity index is 1.83. The number of likely N-dealkylation sites (tertiary alicyclic amines) is 1. The number of amides is 1. The molecule has 1 amide bonds. The fourth-order valence-corrected chi connectivity index (χ4v) is 2.37. The Labute approximate surface area is 125 Å². The summed E-state index contributed by atoms with van der Waals surface area (Å²) in [6.45, 7) is 2.31. The van der Waals surface area contributed by atoms with Gasteiger partial charge in [0.05, 0.1) is 6.54 Å². The van der Waals surface area contributed by atoms with Gasteiger partial charge in [0.1, 0.15) is 5.82 Å². The van der Waals surface area contributed by atoms with E-state index in [0.717, 1.165) is 31.7 Å². The van der Waals surface area contributed by atoms with Crippen molar-refractivity contribution in [3.8, 4) is 0 Å². The maximum absolute atomic E-state index is 11.4. The summed E-state index contributed by atoms with van der Waals surface area (Å²) in [7, 11) is 5.60. The third kappa shape index (κ3) is 4.56. The molecule has 0 radical (unpaired) electrons. The van der Waals surface area contributed by atoms with Gasteiger partial charge in [-0.05, 0) is 18.9 Å². The fourth-order valence-electron chi connectivity index (χ4n) is 2.37. The number of nitrogens with one attached hydrogen (secondary N) is 2. The number of hydrogen-bond donors (Lipinski definition) is 2. The summed E-state index contributed by atoms with van der Waals surface area (Å²) >= 11 is 0. The van der Waals surface area contributed by atoms with Crippen LogP contribution in [-0.4, -0.2) is 67.6 Å². The number of carbonyl (C=O) groups is 1. The summed E-state index contributed by atoms with van der Waals surface area (Å²) in [5.41, 5.74) is 0. The molecule has 21 heavy (non-hydrogen) atoms. The molecule has 0 unspecified atom stereocenters. The molecule has 0 spiro atoms. The maximum atomic E-state index is 11.4. The molecule has 2 rings (SSSR count). The number of anilines is 2. The van der Waals surface area contributed by atoms with Crippen molar-refractivity contribution in [3.05, 3.63) is 12.3 Å². The van der Waals surface area contributed by atoms with Crippen molar-refractivity contribution < 1.29 is 4.79 Å². The van der Waals surface area contributed by atoms with Crippen LogP contribution in [0.1, 0.15) is 12.8 Å². The van der Waals surface area contributed by atoms with Gasteiger partial charge in [-0.25, -0.2) is 4.98 Å². The van der Waals surface area contributed by atoms with E-state index in [9.17, 15) is 4.79 Å². The van der Waals surface area contributed by atoms with Gasteiger partial charge in [0.25, 0.3) is 0 Å². The van der Waals surface area contributed by atoms with Crippen LogP contribution in [0.25, 0.3) is 0 Å². The van der Waals surface area contributed by atoms with Gasteiger partial charge in [-0.1, -0.05) is 0 Å². The van der Waals surface area contributed by atoms with Crippen LogP contribution in [0.15, 0.2) is 12.3 Å². The Bertz CT molecular complexity index is 470. The van der Waals surface area contributed by atoms with Gasteiger partial charge in [0.2, 0.25) is 11.9 Å². The minimum Gasteiger partial charge on any atom is -0.363 e. The number of carbonyl (C=O) groups excluding carboxylic acids is 1. The second-order valence-electron chi connectivity index (χ2n) is 5.50. The summed E-state index contributed by atoms with van der Waals surface area (Å²) in [5.74, 6) is 1.64. The van der Waals surface area contributed by atoms with Crippen LogP contribution >= 0.6 is 0 Å². The van der Waals surface area contributed by atoms with Crippen LogP contribution in [0.2, 0.25) is 0 Å². The normalized spacial score (nSPS) is 16.5. The first-order chi connectivity index (χ1) is 10.1. The van der Waals surface area contributed by atoms with E-state index in [4.69, 9.17) is 0 Å². The first-order valence-electron chi connectivity index (χ1n) is 7.28. The van der Waals surface area contributed by atoms with Crippen molar-refractivity contribution in [1.82, 2.24) is 20.2 Å². The number of likely N-dealkylation sites (N-methyl/N-ethyl adjacent to an activating group) is 1. The molecule has 1 saturated heterocycles. The highest BCUT2D eigenvalue weighted by molar-refractivity contribution is 5.77. The Hall–Kier alpha value is -1.89. The zero-order valence-corrected chi connectivity index (χ0v) is 13.0. The van der Waals surface area contributed by atoms with Gasteiger partial charge < -0.3 is 15.5 Å². The average Bonchev–Trinajstić information content (AvgIpc) is 2.49. The zero-order valence-electron chi connectivity index (χ0n) is 13.0. The summed E-state index contributed by atoms with van der Waals surface area (Å²) in [6, 6.07) is 2.25. The van der Waals surface area contributed by atoms with E-state index >= 15 is 0 Å². The van der Waals surface area contributed by atoms with E-state index in [1.54, 1.807) is 13.2 Å². The molecule has 1 aliphatic rings. The van der Waals surface area contributed by atoms with Crippen molar-refractivity contribution in [1.29, 1.82) is 0 Å². The molecule has 1 aromatic rings. The Morgan fingerprint density at radius 2 is 2.14 bits per heavy atom. The highest BCUT2D eigenvalue weighted by Gasteiger charge is 2.21. The van der Waals surface area contributed by atoms with E-state index < -0.39 is 0 Å². The topological polar surface area (TPSA) is 73.4 Å². The SMILES string of the molecule is CNC(=O)CN1CCC(Nc2nccc(N(C)C)n2)CC1. The van der Waals surface area contributed by atoms with E-state index in [2.05, 4.69) is 25.5 Å². The van der Waals surface area contributed by atoms with Gasteiger partial charge >= 0.3 is 0 Å². The molecule has 0 aliphatic carbocycles. The van der Waals surface area contributed by atoms with Crippen LogP contribution in [-0.2, 0) is 4.79 Å². The van der Waals surface area contributed by atoms with Crippen molar-refractivity contribution in [2.45, 2.75) is 18.9 Å². The Morgan fingerprint density at radius 1 is 1.43 bits per heavy atom. The maximum Gasteiger partial charge on any atom is 0.233 e. The molecule has 1 aliphatic heterocycles. The van der Waals surface area contributed by atoms with Crippen molar-refractivity contribution >= 4 is 17.7 Å². The second kappa shape index (κ2) is 7.21. The summed E-state index contributed by atoms with van der Waals surface area (Å²) < 4.78 is 0. The lowest BCUT2D eigenvalue weighted by Crippen LogP contribution is -2.43. The molecule has 116 valence electrons. The van der Waals surface area contributed by atoms with Crippen LogP contribution in [0, 0.1) is 0 Å². The van der Waals surface area contributed by atoms with Gasteiger partial charge in [-0.2, -0.15) is 4.98 Å². The minimum absolute atomic E-state index is 0.0726. The molecule has 2 N–H and O–H groups in total. The van der Waals surface area contributed by atoms with E-state index in [-0.39, 0.29) is 5.91 Å². The monoisotopic (exact) mass is 292 g/mol. The third-order valence-corrected chi connectivity index (χ3v) is 3.67. The van der Waals surface area contributed by atoms with E-state index in [1.165, 1.54) is 0 Å². The van der Waals surface area contributed by atoms with Crippen LogP contribution in [0.5, 0.6) is 0 Å². The van der Waals surface area contributed by atoms with E-state index in [0.29, 0.717) is 18.5 Å². The zero-order chi connectivity index (χ0) is 15.2. The number of hydrogen-bond acceptors (Lipinski definition) is 6. The molecular weight excluding hydrogens is 268 g/mol. The van der Waals surface area contributed by atoms with Crippen LogP contribution in [0.3, 0.4) is 0 Å². The standard InChI is InChI=1S/C14H24N6O/c1-15-13(21)10-20-8-5-11(6-9-20)17-14-16-7-4-12(18-14)19(2)3/h4,7,11H,5-6,8-10H2,1-3H3,(H,15,21)(H,16,17,18). The molecule has 0 atom stereocenters. The quantitative estimate of drug-likeness (QED) is 0.806. The summed E-state index contributed by atoms with van der Waals surface area (Å²) in [5, 5.41) is 6.05. The molecule has 0 aromatic carbocycles. The van der Waals surface area contributed by atoms with Crippen molar-refractivity contribution in [3.63, 3.8) is 0 Å². The summed E-state index contributed by atoms with van der Waals surface area (Å²) in [4.78, 5) is 24.2. The van der Waals surface area contributed by atoms with Gasteiger partial charge in [0.15, 0.2) is 0 Å². The minimum atomic E-state index is 0.0726. The molecule has 7 nitrogen and oxygen atoms in total. The number of aromatic nitrogens is 2. The molecular formula is C14H24N6O. The van der Waals surface area contributed by atoms with Crippen LogP contribution in [0.4, 0.5) is 11.8 Å². The molecule has 1 aromatic heterocycles. The smallest absolute Gasteiger partial charge is 0.233 e. The lowest BCUT2D eigenvalue weighted by molar-refractivity contribution is -0.122. The summed E-state index contributed by atoms with van der Waals surface area (Å²) in [6.07, 6.45) is 3.75. The first kappa shape index (κ1) is 15.5. The Kier molecular flexibility index (Phi) is 5.32. The first-order valence-corrected chi connectivity index (χ1v) is 7.28. The molecule has 0 bridgehead atoms. The lowest BCUT2D eigenvalue weighted by atomic mass is 10.1. The highest BCUT2D eigenvalue weighted by Crippen LogP contribution is 2.15. The average molecular weight is 292 g/mol. The van der Waals surface area contributed by atoms with Crippen LogP contribution < -0.4 is 15.5 Å². The third-order valence-electron chi connectivity index (χ3n) is 3.67. The number of piperidine rings is 1. The lowest BCUT2D eigenvalue weighted by Gasteiger charge is -2.31. The molecule has 1 fully saturated rings. The van der Waals surface area contributed by atoms with E-state index in [1.807, 2.05) is 25.1 Å². The molecule has 7 heteroatoms. The van der Waals surface area contributed by atoms with Gasteiger partial charge in [-0.15, -0.1) is 0 Å². The number of rotatable bonds is 5. The highest BCUT2D eigenvalue weighted by atomic mass is 16.1. The predicted molar refractivity (Wildman–Crippen MR) is 83.5 cm³/mol. The number of nitrogens with zero attached hydrogens (tertiary/aromatic N) is 4. The van der Waals surface area contributed by atoms with Gasteiger partial charge in [-0.3, -0.25) is 9.69 Å². The fraction of sp³-hybridized carbons (Fsp3) is 0.643. The molecule has 0 saturated carbocycles. The van der Waals surface area contributed by atoms with Gasteiger partial charge in [0, 0.05) is 46.5 Å². The van der Waals surface area contributed by atoms with Crippen molar-refractivity contribution in [2.24, 2.45) is 0 Å².